The van der Waals surface area contributed by atoms with Crippen molar-refractivity contribution in [3.05, 3.63) is 22.4 Å². The van der Waals surface area contributed by atoms with E-state index in [-0.39, 0.29) is 15.1 Å². The first-order chi connectivity index (χ1) is 5.41. The maximum atomic E-state index is 10.8. The lowest BCUT2D eigenvalue weighted by molar-refractivity contribution is 0.609. The third-order valence-corrected chi connectivity index (χ3v) is 2.99. The normalized spacial score (nSPS) is 11.6. The van der Waals surface area contributed by atoms with E-state index in [1.165, 1.54) is 6.20 Å². The highest BCUT2D eigenvalue weighted by molar-refractivity contribution is 8.13. The molecule has 1 aromatic rings. The van der Waals surface area contributed by atoms with Gasteiger partial charge in [0, 0.05) is 16.9 Å². The zero-order valence-corrected chi connectivity index (χ0v) is 8.54. The Morgan fingerprint density at radius 3 is 2.33 bits per heavy atom. The molecule has 7 heteroatoms. The summed E-state index contributed by atoms with van der Waals surface area (Å²) in [7, 11) is 1.16. The average molecular weight is 247 g/mol. The van der Waals surface area contributed by atoms with Crippen LogP contribution >= 0.6 is 33.9 Å². The minimum Gasteiger partial charge on any atom is -0.242 e. The molecule has 0 aliphatic carbocycles. The molecular weight excluding hydrogens is 244 g/mol. The molecule has 1 rings (SSSR count). The van der Waals surface area contributed by atoms with Crippen LogP contribution in [0.15, 0.2) is 17.2 Å². The van der Waals surface area contributed by atoms with Crippen molar-refractivity contribution in [2.75, 3.05) is 0 Å². The standard InChI is InChI=1S/C5H2Cl3NO2S/c6-3-1-4(12(8,10)11)5(7)9-2-3/h1-2H. The Bertz CT molecular complexity index is 403. The van der Waals surface area contributed by atoms with Crippen LogP contribution in [-0.4, -0.2) is 13.4 Å². The fourth-order valence-corrected chi connectivity index (χ4v) is 2.20. The largest absolute Gasteiger partial charge is 0.264 e. The fraction of sp³-hybridized carbons (Fsp3) is 0. The molecule has 0 spiro atoms. The summed E-state index contributed by atoms with van der Waals surface area (Å²) < 4.78 is 21.6. The third-order valence-electron chi connectivity index (χ3n) is 1.04. The third kappa shape index (κ3) is 2.23. The fourth-order valence-electron chi connectivity index (χ4n) is 0.575. The highest BCUT2D eigenvalue weighted by Crippen LogP contribution is 2.24. The SMILES string of the molecule is O=S(=O)(Cl)c1cc(Cl)cnc1Cl. The first kappa shape index (κ1) is 10.1. The van der Waals surface area contributed by atoms with Crippen LogP contribution in [0.4, 0.5) is 0 Å². The highest BCUT2D eigenvalue weighted by Gasteiger charge is 2.15. The molecule has 0 saturated heterocycles. The average Bonchev–Trinajstić information content (AvgIpc) is 1.92. The van der Waals surface area contributed by atoms with E-state index in [4.69, 9.17) is 33.9 Å². The molecule has 0 saturated carbocycles. The highest BCUT2D eigenvalue weighted by atomic mass is 35.7. The monoisotopic (exact) mass is 245 g/mol. The minimum atomic E-state index is -3.86. The molecule has 0 aliphatic rings. The molecule has 66 valence electrons. The molecule has 0 amide bonds. The first-order valence-corrected chi connectivity index (χ1v) is 5.73. The molecule has 0 N–H and O–H groups in total. The van der Waals surface area contributed by atoms with Gasteiger partial charge in [0.25, 0.3) is 9.05 Å². The molecule has 12 heavy (non-hydrogen) atoms. The molecule has 1 aromatic heterocycles. The van der Waals surface area contributed by atoms with Gasteiger partial charge in [-0.25, -0.2) is 13.4 Å². The van der Waals surface area contributed by atoms with E-state index in [2.05, 4.69) is 4.98 Å². The molecule has 0 radical (unpaired) electrons. The van der Waals surface area contributed by atoms with E-state index in [1.807, 2.05) is 0 Å². The summed E-state index contributed by atoms with van der Waals surface area (Å²) in [6.07, 6.45) is 1.23. The van der Waals surface area contributed by atoms with Crippen molar-refractivity contribution in [1.82, 2.24) is 4.98 Å². The van der Waals surface area contributed by atoms with Gasteiger partial charge in [-0.15, -0.1) is 0 Å². The van der Waals surface area contributed by atoms with Crippen LogP contribution in [0, 0.1) is 0 Å². The molecule has 1 heterocycles. The second-order valence-corrected chi connectivity index (χ2v) is 5.21. The van der Waals surface area contributed by atoms with Crippen molar-refractivity contribution >= 4 is 42.9 Å². The molecule has 0 atom stereocenters. The Morgan fingerprint density at radius 1 is 1.33 bits per heavy atom. The quantitative estimate of drug-likeness (QED) is 0.564. The van der Waals surface area contributed by atoms with Crippen molar-refractivity contribution in [3.63, 3.8) is 0 Å². The van der Waals surface area contributed by atoms with Gasteiger partial charge in [-0.2, -0.15) is 0 Å². The lowest BCUT2D eigenvalue weighted by Crippen LogP contribution is -1.93. The summed E-state index contributed by atoms with van der Waals surface area (Å²) >= 11 is 10.9. The summed E-state index contributed by atoms with van der Waals surface area (Å²) in [6, 6.07) is 1.14. The summed E-state index contributed by atoms with van der Waals surface area (Å²) in [5.41, 5.74) is 0. The van der Waals surface area contributed by atoms with Gasteiger partial charge < -0.3 is 0 Å². The topological polar surface area (TPSA) is 47.0 Å². The Morgan fingerprint density at radius 2 is 1.92 bits per heavy atom. The van der Waals surface area contributed by atoms with Gasteiger partial charge in [0.1, 0.15) is 10.0 Å². The van der Waals surface area contributed by atoms with Crippen LogP contribution in [0.25, 0.3) is 0 Å². The Kier molecular flexibility index (Phi) is 2.83. The first-order valence-electron chi connectivity index (χ1n) is 2.67. The minimum absolute atomic E-state index is 0.165. The number of aromatic nitrogens is 1. The number of hydrogen-bond acceptors (Lipinski definition) is 3. The van der Waals surface area contributed by atoms with Crippen LogP contribution in [0.2, 0.25) is 10.2 Å². The number of hydrogen-bond donors (Lipinski definition) is 0. The van der Waals surface area contributed by atoms with Crippen molar-refractivity contribution in [2.24, 2.45) is 0 Å². The van der Waals surface area contributed by atoms with Gasteiger partial charge in [0.15, 0.2) is 0 Å². The summed E-state index contributed by atoms with van der Waals surface area (Å²) in [4.78, 5) is 3.24. The smallest absolute Gasteiger partial charge is 0.242 e. The maximum Gasteiger partial charge on any atom is 0.264 e. The van der Waals surface area contributed by atoms with Crippen molar-refractivity contribution in [2.45, 2.75) is 4.90 Å². The summed E-state index contributed by atoms with van der Waals surface area (Å²) in [6.45, 7) is 0. The second kappa shape index (κ2) is 3.38. The number of rotatable bonds is 1. The van der Waals surface area contributed by atoms with Crippen LogP contribution in [0.3, 0.4) is 0 Å². The molecule has 0 fully saturated rings. The number of pyridine rings is 1. The van der Waals surface area contributed by atoms with Gasteiger partial charge >= 0.3 is 0 Å². The van der Waals surface area contributed by atoms with E-state index >= 15 is 0 Å². The van der Waals surface area contributed by atoms with Gasteiger partial charge in [-0.3, -0.25) is 0 Å². The zero-order chi connectivity index (χ0) is 9.35. The summed E-state index contributed by atoms with van der Waals surface area (Å²) in [5, 5.41) is -0.0203. The van der Waals surface area contributed by atoms with E-state index < -0.39 is 9.05 Å². The molecule has 3 nitrogen and oxygen atoms in total. The number of nitrogens with zero attached hydrogens (tertiary/aromatic N) is 1. The van der Waals surface area contributed by atoms with Crippen molar-refractivity contribution < 1.29 is 8.42 Å². The second-order valence-electron chi connectivity index (χ2n) is 1.88. The predicted octanol–water partition coefficient (Wildman–Crippen LogP) is 2.32. The van der Waals surface area contributed by atoms with E-state index in [0.717, 1.165) is 6.07 Å². The van der Waals surface area contributed by atoms with Crippen LogP contribution < -0.4 is 0 Å². The molecule has 0 aromatic carbocycles. The predicted molar refractivity (Wildman–Crippen MR) is 47.3 cm³/mol. The lowest BCUT2D eigenvalue weighted by Gasteiger charge is -1.97. The van der Waals surface area contributed by atoms with Gasteiger partial charge in [-0.05, 0) is 6.07 Å². The number of halogens is 3. The van der Waals surface area contributed by atoms with E-state index in [1.54, 1.807) is 0 Å². The molecular formula is C5H2Cl3NO2S. The van der Waals surface area contributed by atoms with E-state index in [9.17, 15) is 8.42 Å². The maximum absolute atomic E-state index is 10.8. The molecule has 0 bridgehead atoms. The summed E-state index contributed by atoms with van der Waals surface area (Å²) in [5.74, 6) is 0. The van der Waals surface area contributed by atoms with Gasteiger partial charge in [0.05, 0.1) is 5.02 Å². The van der Waals surface area contributed by atoms with Crippen LogP contribution in [0.1, 0.15) is 0 Å². The van der Waals surface area contributed by atoms with Crippen LogP contribution in [-0.2, 0) is 9.05 Å². The van der Waals surface area contributed by atoms with E-state index in [0.29, 0.717) is 0 Å². The lowest BCUT2D eigenvalue weighted by atomic mass is 10.5. The van der Waals surface area contributed by atoms with Crippen molar-refractivity contribution in [1.29, 1.82) is 0 Å². The Labute approximate surface area is 83.7 Å². The zero-order valence-electron chi connectivity index (χ0n) is 5.46. The van der Waals surface area contributed by atoms with Crippen LogP contribution in [0.5, 0.6) is 0 Å². The Hall–Kier alpha value is -0.0300. The molecule has 0 unspecified atom stereocenters. The Balaban J connectivity index is 3.43. The van der Waals surface area contributed by atoms with Crippen molar-refractivity contribution in [3.8, 4) is 0 Å². The van der Waals surface area contributed by atoms with Gasteiger partial charge in [-0.1, -0.05) is 23.2 Å². The molecule has 0 aliphatic heterocycles. The van der Waals surface area contributed by atoms with Gasteiger partial charge in [0.2, 0.25) is 0 Å².